The molecule has 186 valence electrons. The third-order valence-electron chi connectivity index (χ3n) is 5.87. The number of amides is 1. The molecule has 6 nitrogen and oxygen atoms in total. The third-order valence-corrected chi connectivity index (χ3v) is 6.36. The molecule has 7 heteroatoms. The van der Waals surface area contributed by atoms with Gasteiger partial charge < -0.3 is 19.4 Å². The highest BCUT2D eigenvalue weighted by atomic mass is 79.9. The Labute approximate surface area is 220 Å². The molecule has 4 aromatic rings. The molecule has 1 aromatic heterocycles. The van der Waals surface area contributed by atoms with Crippen molar-refractivity contribution in [3.63, 3.8) is 0 Å². The Morgan fingerprint density at radius 2 is 1.94 bits per heavy atom. The van der Waals surface area contributed by atoms with E-state index in [4.69, 9.17) is 14.5 Å². The second-order valence-electron chi connectivity index (χ2n) is 8.39. The molecule has 4 rings (SSSR count). The van der Waals surface area contributed by atoms with Crippen LogP contribution in [0.1, 0.15) is 34.6 Å². The van der Waals surface area contributed by atoms with Gasteiger partial charge in [-0.15, -0.1) is 6.58 Å². The van der Waals surface area contributed by atoms with Crippen molar-refractivity contribution in [1.29, 1.82) is 0 Å². The first-order valence-corrected chi connectivity index (χ1v) is 12.8. The quantitative estimate of drug-likeness (QED) is 0.166. The van der Waals surface area contributed by atoms with Gasteiger partial charge in [-0.05, 0) is 67.3 Å². The molecule has 36 heavy (non-hydrogen) atoms. The summed E-state index contributed by atoms with van der Waals surface area (Å²) < 4.78 is 14.5. The third kappa shape index (κ3) is 6.34. The minimum atomic E-state index is -0.128. The predicted octanol–water partition coefficient (Wildman–Crippen LogP) is 6.33. The van der Waals surface area contributed by atoms with E-state index in [1.54, 1.807) is 19.2 Å². The maximum atomic E-state index is 12.6. The maximum absolute atomic E-state index is 12.6. The number of hydrogen-bond donors (Lipinski definition) is 1. The molecule has 3 aromatic carbocycles. The van der Waals surface area contributed by atoms with E-state index in [9.17, 15) is 4.79 Å². The van der Waals surface area contributed by atoms with Crippen LogP contribution in [0.4, 0.5) is 0 Å². The van der Waals surface area contributed by atoms with Crippen LogP contribution in [0, 0.1) is 0 Å². The fourth-order valence-electron chi connectivity index (χ4n) is 4.08. The molecule has 0 saturated carbocycles. The van der Waals surface area contributed by atoms with E-state index in [0.29, 0.717) is 18.7 Å². The molecule has 0 bridgehead atoms. The summed E-state index contributed by atoms with van der Waals surface area (Å²) in [5, 5.41) is 3.01. The van der Waals surface area contributed by atoms with Crippen LogP contribution >= 0.6 is 15.9 Å². The van der Waals surface area contributed by atoms with E-state index in [-0.39, 0.29) is 5.91 Å². The van der Waals surface area contributed by atoms with E-state index in [1.807, 2.05) is 54.6 Å². The zero-order valence-electron chi connectivity index (χ0n) is 20.4. The molecule has 0 fully saturated rings. The van der Waals surface area contributed by atoms with Gasteiger partial charge in [0.1, 0.15) is 5.82 Å². The van der Waals surface area contributed by atoms with Gasteiger partial charge in [0.2, 0.25) is 0 Å². The molecule has 0 aliphatic heterocycles. The Morgan fingerprint density at radius 1 is 1.08 bits per heavy atom. The number of nitrogens with one attached hydrogen (secondary N) is 1. The van der Waals surface area contributed by atoms with Crippen molar-refractivity contribution in [2.75, 3.05) is 13.7 Å². The number of allylic oxidation sites excluding steroid dienone is 1. The number of carbonyl (C=O) groups is 1. The second-order valence-corrected chi connectivity index (χ2v) is 9.31. The molecule has 1 N–H and O–H groups in total. The summed E-state index contributed by atoms with van der Waals surface area (Å²) in [4.78, 5) is 17.4. The number of nitrogens with zero attached hydrogens (tertiary/aromatic N) is 2. The molecular formula is C29H30BrN3O3. The maximum Gasteiger partial charge on any atom is 0.251 e. The molecule has 1 heterocycles. The van der Waals surface area contributed by atoms with Crippen LogP contribution in [-0.2, 0) is 19.5 Å². The minimum Gasteiger partial charge on any atom is -0.493 e. The number of hydrogen-bond acceptors (Lipinski definition) is 4. The highest BCUT2D eigenvalue weighted by Gasteiger charge is 2.13. The summed E-state index contributed by atoms with van der Waals surface area (Å²) in [6.07, 6.45) is 4.44. The van der Waals surface area contributed by atoms with Gasteiger partial charge in [0, 0.05) is 16.6 Å². The van der Waals surface area contributed by atoms with E-state index in [2.05, 4.69) is 38.5 Å². The number of carbonyl (C=O) groups excluding carboxylic acids is 1. The van der Waals surface area contributed by atoms with Gasteiger partial charge in [-0.25, -0.2) is 4.98 Å². The van der Waals surface area contributed by atoms with Crippen molar-refractivity contribution < 1.29 is 14.3 Å². The minimum absolute atomic E-state index is 0.128. The fourth-order valence-corrected chi connectivity index (χ4v) is 4.48. The number of methoxy groups -OCH3 is 1. The lowest BCUT2D eigenvalue weighted by atomic mass is 10.1. The number of aromatic nitrogens is 2. The van der Waals surface area contributed by atoms with Crippen molar-refractivity contribution in [3.05, 3.63) is 101 Å². The Kier molecular flexibility index (Phi) is 8.79. The van der Waals surface area contributed by atoms with Crippen LogP contribution in [0.3, 0.4) is 0 Å². The first-order valence-electron chi connectivity index (χ1n) is 12.0. The van der Waals surface area contributed by atoms with E-state index < -0.39 is 0 Å². The zero-order chi connectivity index (χ0) is 25.3. The van der Waals surface area contributed by atoms with Crippen molar-refractivity contribution in [2.45, 2.75) is 32.4 Å². The second kappa shape index (κ2) is 12.4. The number of halogens is 1. The number of fused-ring (bicyclic) bond motifs is 1. The molecule has 0 atom stereocenters. The van der Waals surface area contributed by atoms with Gasteiger partial charge in [-0.3, -0.25) is 4.79 Å². The summed E-state index contributed by atoms with van der Waals surface area (Å²) in [6.45, 7) is 5.50. The van der Waals surface area contributed by atoms with E-state index >= 15 is 0 Å². The van der Waals surface area contributed by atoms with Crippen LogP contribution in [0.15, 0.2) is 83.9 Å². The Hall–Kier alpha value is -3.58. The van der Waals surface area contributed by atoms with Crippen LogP contribution in [0.25, 0.3) is 11.0 Å². The van der Waals surface area contributed by atoms with Crippen molar-refractivity contribution in [1.82, 2.24) is 14.9 Å². The summed E-state index contributed by atoms with van der Waals surface area (Å²) in [5.74, 6) is 2.18. The van der Waals surface area contributed by atoms with Crippen molar-refractivity contribution >= 4 is 32.9 Å². The van der Waals surface area contributed by atoms with Gasteiger partial charge in [0.15, 0.2) is 11.5 Å². The molecule has 0 spiro atoms. The van der Waals surface area contributed by atoms with E-state index in [1.165, 1.54) is 0 Å². The van der Waals surface area contributed by atoms with Crippen LogP contribution in [0.2, 0.25) is 0 Å². The number of imidazole rings is 1. The Morgan fingerprint density at radius 3 is 2.75 bits per heavy atom. The van der Waals surface area contributed by atoms with Gasteiger partial charge in [-0.2, -0.15) is 0 Å². The molecule has 0 aliphatic rings. The lowest BCUT2D eigenvalue weighted by molar-refractivity contribution is 0.0949. The van der Waals surface area contributed by atoms with Gasteiger partial charge in [-0.1, -0.05) is 46.3 Å². The van der Waals surface area contributed by atoms with E-state index in [0.717, 1.165) is 64.2 Å². The molecule has 0 radical (unpaired) electrons. The summed E-state index contributed by atoms with van der Waals surface area (Å²) >= 11 is 3.42. The average molecular weight is 548 g/mol. The molecular weight excluding hydrogens is 518 g/mol. The topological polar surface area (TPSA) is 65.4 Å². The lowest BCUT2D eigenvalue weighted by Crippen LogP contribution is -2.24. The molecule has 0 saturated heterocycles. The van der Waals surface area contributed by atoms with Crippen molar-refractivity contribution in [2.24, 2.45) is 0 Å². The monoisotopic (exact) mass is 547 g/mol. The van der Waals surface area contributed by atoms with Gasteiger partial charge in [0.05, 0.1) is 31.3 Å². The number of rotatable bonds is 12. The standard InChI is InChI=1S/C29H30BrN3O3/c1-3-9-21-14-15-26(27(18-21)35-2)36-17-7-6-16-33-25-13-5-4-12-24(25)32-28(33)20-31-29(34)22-10-8-11-23(30)19-22/h3-5,8,10-15,18-19H,1,6-7,9,16-17,20H2,2H3,(H,31,34). The number of ether oxygens (including phenoxy) is 2. The van der Waals surface area contributed by atoms with Gasteiger partial charge >= 0.3 is 0 Å². The first kappa shape index (κ1) is 25.5. The Bertz CT molecular complexity index is 1350. The highest BCUT2D eigenvalue weighted by Crippen LogP contribution is 2.28. The van der Waals surface area contributed by atoms with Gasteiger partial charge in [0.25, 0.3) is 5.91 Å². The van der Waals surface area contributed by atoms with Crippen LogP contribution < -0.4 is 14.8 Å². The SMILES string of the molecule is C=CCc1ccc(OCCCCn2c(CNC(=O)c3cccc(Br)c3)nc3ccccc32)c(OC)c1. The zero-order valence-corrected chi connectivity index (χ0v) is 22.0. The van der Waals surface area contributed by atoms with Crippen LogP contribution in [-0.4, -0.2) is 29.2 Å². The summed E-state index contributed by atoms with van der Waals surface area (Å²) in [7, 11) is 1.65. The largest absolute Gasteiger partial charge is 0.493 e. The van der Waals surface area contributed by atoms with Crippen molar-refractivity contribution in [3.8, 4) is 11.5 Å². The molecule has 0 aliphatic carbocycles. The van der Waals surface area contributed by atoms with Crippen LogP contribution in [0.5, 0.6) is 11.5 Å². The smallest absolute Gasteiger partial charge is 0.251 e. The fraction of sp³-hybridized carbons (Fsp3) is 0.241. The number of para-hydroxylation sites is 2. The number of unbranched alkanes of at least 4 members (excludes halogenated alkanes) is 1. The normalized spacial score (nSPS) is 10.8. The number of benzene rings is 3. The first-order chi connectivity index (χ1) is 17.6. The predicted molar refractivity (Wildman–Crippen MR) is 147 cm³/mol. The average Bonchev–Trinajstić information content (AvgIpc) is 3.25. The highest BCUT2D eigenvalue weighted by molar-refractivity contribution is 9.10. The summed E-state index contributed by atoms with van der Waals surface area (Å²) in [6, 6.07) is 21.4. The number of aryl methyl sites for hydroxylation is 1. The lowest BCUT2D eigenvalue weighted by Gasteiger charge is -2.13. The molecule has 0 unspecified atom stereocenters. The molecule has 1 amide bonds. The summed E-state index contributed by atoms with van der Waals surface area (Å²) in [5.41, 5.74) is 3.73. The Balaban J connectivity index is 1.36.